The van der Waals surface area contributed by atoms with Crippen LogP contribution in [-0.4, -0.2) is 11.9 Å². The fourth-order valence-electron chi connectivity index (χ4n) is 1.64. The van der Waals surface area contributed by atoms with Crippen molar-refractivity contribution in [3.05, 3.63) is 35.9 Å². The zero-order valence-electron chi connectivity index (χ0n) is 8.27. The monoisotopic (exact) mass is 190 g/mol. The molecular formula is C12H14O2. The van der Waals surface area contributed by atoms with Gasteiger partial charge in [0.2, 0.25) is 0 Å². The SMILES string of the molecule is CCCC(=O)[C@H]1O[C@@H]1c1ccccc1. The highest BCUT2D eigenvalue weighted by molar-refractivity contribution is 5.86. The van der Waals surface area contributed by atoms with Crippen LogP contribution in [0.15, 0.2) is 30.3 Å². The number of hydrogen-bond donors (Lipinski definition) is 0. The number of carbonyl (C=O) groups excluding carboxylic acids is 1. The molecule has 0 radical (unpaired) electrons. The van der Waals surface area contributed by atoms with Gasteiger partial charge in [-0.15, -0.1) is 0 Å². The molecule has 74 valence electrons. The smallest absolute Gasteiger partial charge is 0.164 e. The van der Waals surface area contributed by atoms with Gasteiger partial charge in [-0.1, -0.05) is 37.3 Å². The van der Waals surface area contributed by atoms with E-state index in [1.807, 2.05) is 37.3 Å². The Hall–Kier alpha value is -1.15. The molecule has 14 heavy (non-hydrogen) atoms. The Morgan fingerprint density at radius 2 is 2.07 bits per heavy atom. The Morgan fingerprint density at radius 3 is 2.71 bits per heavy atom. The summed E-state index contributed by atoms with van der Waals surface area (Å²) in [4.78, 5) is 11.5. The first kappa shape index (κ1) is 9.41. The third-order valence-electron chi connectivity index (χ3n) is 2.43. The number of carbonyl (C=O) groups is 1. The molecule has 0 amide bonds. The molecule has 0 saturated carbocycles. The number of hydrogen-bond acceptors (Lipinski definition) is 2. The van der Waals surface area contributed by atoms with Gasteiger partial charge in [0.15, 0.2) is 5.78 Å². The van der Waals surface area contributed by atoms with Crippen molar-refractivity contribution < 1.29 is 9.53 Å². The number of epoxide rings is 1. The highest BCUT2D eigenvalue weighted by Crippen LogP contribution is 2.39. The van der Waals surface area contributed by atoms with E-state index in [0.29, 0.717) is 6.42 Å². The average Bonchev–Trinajstić information content (AvgIpc) is 2.99. The van der Waals surface area contributed by atoms with E-state index < -0.39 is 0 Å². The summed E-state index contributed by atoms with van der Waals surface area (Å²) >= 11 is 0. The van der Waals surface area contributed by atoms with Gasteiger partial charge in [-0.05, 0) is 12.0 Å². The van der Waals surface area contributed by atoms with Crippen molar-refractivity contribution in [1.29, 1.82) is 0 Å². The second kappa shape index (κ2) is 3.93. The van der Waals surface area contributed by atoms with Crippen molar-refractivity contribution in [3.8, 4) is 0 Å². The molecule has 0 aliphatic carbocycles. The first-order chi connectivity index (χ1) is 6.83. The van der Waals surface area contributed by atoms with Gasteiger partial charge < -0.3 is 4.74 Å². The Balaban J connectivity index is 1.96. The van der Waals surface area contributed by atoms with Crippen molar-refractivity contribution in [2.45, 2.75) is 32.0 Å². The van der Waals surface area contributed by atoms with Crippen LogP contribution in [0.4, 0.5) is 0 Å². The molecule has 1 aromatic rings. The lowest BCUT2D eigenvalue weighted by Gasteiger charge is -1.94. The van der Waals surface area contributed by atoms with Crippen LogP contribution in [0.3, 0.4) is 0 Å². The topological polar surface area (TPSA) is 29.6 Å². The third kappa shape index (κ3) is 1.85. The maximum atomic E-state index is 11.5. The van der Waals surface area contributed by atoms with Crippen LogP contribution in [0.25, 0.3) is 0 Å². The number of rotatable bonds is 4. The van der Waals surface area contributed by atoms with Crippen LogP contribution in [0.5, 0.6) is 0 Å². The zero-order chi connectivity index (χ0) is 9.97. The fraction of sp³-hybridized carbons (Fsp3) is 0.417. The molecule has 1 heterocycles. The molecule has 2 atom stereocenters. The third-order valence-corrected chi connectivity index (χ3v) is 2.43. The standard InChI is InChI=1S/C12H14O2/c1-2-6-10(13)12-11(14-12)9-7-4-3-5-8-9/h3-5,7-8,11-12H,2,6H2,1H3/t11-,12-/m1/s1. The summed E-state index contributed by atoms with van der Waals surface area (Å²) in [7, 11) is 0. The van der Waals surface area contributed by atoms with Crippen LogP contribution in [0.1, 0.15) is 31.4 Å². The first-order valence-electron chi connectivity index (χ1n) is 5.06. The predicted molar refractivity (Wildman–Crippen MR) is 54.0 cm³/mol. The number of ether oxygens (including phenoxy) is 1. The van der Waals surface area contributed by atoms with Gasteiger partial charge >= 0.3 is 0 Å². The summed E-state index contributed by atoms with van der Waals surface area (Å²) in [6.07, 6.45) is 1.39. The van der Waals surface area contributed by atoms with E-state index in [4.69, 9.17) is 4.74 Å². The largest absolute Gasteiger partial charge is 0.356 e. The quantitative estimate of drug-likeness (QED) is 0.683. The average molecular weight is 190 g/mol. The Bertz CT molecular complexity index is 318. The molecule has 2 heteroatoms. The van der Waals surface area contributed by atoms with Crippen molar-refractivity contribution in [3.63, 3.8) is 0 Å². The van der Waals surface area contributed by atoms with E-state index in [9.17, 15) is 4.79 Å². The van der Waals surface area contributed by atoms with Crippen LogP contribution in [0.2, 0.25) is 0 Å². The lowest BCUT2D eigenvalue weighted by Crippen LogP contribution is -2.06. The van der Waals surface area contributed by atoms with Gasteiger partial charge in [-0.3, -0.25) is 4.79 Å². The molecule has 2 nitrogen and oxygen atoms in total. The maximum absolute atomic E-state index is 11.5. The molecule has 1 saturated heterocycles. The normalized spacial score (nSPS) is 24.6. The van der Waals surface area contributed by atoms with Crippen molar-refractivity contribution in [2.24, 2.45) is 0 Å². The summed E-state index contributed by atoms with van der Waals surface area (Å²) in [5.74, 6) is 0.237. The fourth-order valence-corrected chi connectivity index (χ4v) is 1.64. The van der Waals surface area contributed by atoms with E-state index in [1.165, 1.54) is 0 Å². The molecular weight excluding hydrogens is 176 g/mol. The second-order valence-corrected chi connectivity index (χ2v) is 3.60. The minimum absolute atomic E-state index is 0.0234. The van der Waals surface area contributed by atoms with Crippen molar-refractivity contribution in [2.75, 3.05) is 0 Å². The molecule has 0 aromatic heterocycles. The van der Waals surface area contributed by atoms with E-state index in [-0.39, 0.29) is 18.0 Å². The Labute approximate surface area is 83.9 Å². The molecule has 1 fully saturated rings. The Kier molecular flexibility index (Phi) is 2.64. The summed E-state index contributed by atoms with van der Waals surface area (Å²) in [5.41, 5.74) is 1.11. The maximum Gasteiger partial charge on any atom is 0.164 e. The molecule has 1 aliphatic heterocycles. The number of ketones is 1. The highest BCUT2D eigenvalue weighted by atomic mass is 16.6. The number of Topliss-reactive ketones (excluding diaryl/α,β-unsaturated/α-hetero) is 1. The highest BCUT2D eigenvalue weighted by Gasteiger charge is 2.44. The van der Waals surface area contributed by atoms with Gasteiger partial charge in [-0.25, -0.2) is 0 Å². The van der Waals surface area contributed by atoms with Gasteiger partial charge in [0.05, 0.1) is 0 Å². The van der Waals surface area contributed by atoms with Gasteiger partial charge in [0.1, 0.15) is 12.2 Å². The minimum atomic E-state index is -0.169. The van der Waals surface area contributed by atoms with Crippen LogP contribution >= 0.6 is 0 Å². The van der Waals surface area contributed by atoms with E-state index in [0.717, 1.165) is 12.0 Å². The minimum Gasteiger partial charge on any atom is -0.356 e. The predicted octanol–water partition coefficient (Wildman–Crippen LogP) is 2.50. The van der Waals surface area contributed by atoms with E-state index in [2.05, 4.69) is 0 Å². The van der Waals surface area contributed by atoms with Gasteiger partial charge in [0, 0.05) is 6.42 Å². The lowest BCUT2D eigenvalue weighted by molar-refractivity contribution is -0.120. The van der Waals surface area contributed by atoms with Crippen LogP contribution < -0.4 is 0 Å². The first-order valence-corrected chi connectivity index (χ1v) is 5.06. The lowest BCUT2D eigenvalue weighted by atomic mass is 10.1. The summed E-state index contributed by atoms with van der Waals surface area (Å²) < 4.78 is 5.37. The van der Waals surface area contributed by atoms with E-state index >= 15 is 0 Å². The van der Waals surface area contributed by atoms with Crippen LogP contribution in [0, 0.1) is 0 Å². The molecule has 0 N–H and O–H groups in total. The molecule has 0 spiro atoms. The molecule has 1 aliphatic rings. The van der Waals surface area contributed by atoms with Gasteiger partial charge in [-0.2, -0.15) is 0 Å². The van der Waals surface area contributed by atoms with Crippen LogP contribution in [-0.2, 0) is 9.53 Å². The molecule has 2 rings (SSSR count). The zero-order valence-corrected chi connectivity index (χ0v) is 8.27. The molecule has 0 bridgehead atoms. The summed E-state index contributed by atoms with van der Waals surface area (Å²) in [5, 5.41) is 0. The Morgan fingerprint density at radius 1 is 1.36 bits per heavy atom. The molecule has 0 unspecified atom stereocenters. The second-order valence-electron chi connectivity index (χ2n) is 3.60. The summed E-state index contributed by atoms with van der Waals surface area (Å²) in [6.45, 7) is 2.01. The summed E-state index contributed by atoms with van der Waals surface area (Å²) in [6, 6.07) is 9.92. The van der Waals surface area contributed by atoms with E-state index in [1.54, 1.807) is 0 Å². The van der Waals surface area contributed by atoms with Crippen molar-refractivity contribution in [1.82, 2.24) is 0 Å². The number of benzene rings is 1. The molecule has 1 aromatic carbocycles. The van der Waals surface area contributed by atoms with Gasteiger partial charge in [0.25, 0.3) is 0 Å². The van der Waals surface area contributed by atoms with Crippen molar-refractivity contribution >= 4 is 5.78 Å².